The third kappa shape index (κ3) is 4.53. The molecule has 0 spiro atoms. The Kier molecular flexibility index (Phi) is 6.40. The SMILES string of the molecule is CSCCCCNCc1ccc(N2CCCC2=O)cc1. The van der Waals surface area contributed by atoms with Crippen molar-refractivity contribution >= 4 is 23.4 Å². The first-order valence-electron chi connectivity index (χ1n) is 7.40. The molecule has 0 aromatic heterocycles. The average Bonchev–Trinajstić information content (AvgIpc) is 2.90. The number of unbranched alkanes of at least 4 members (excludes halogenated alkanes) is 1. The van der Waals surface area contributed by atoms with Crippen molar-refractivity contribution in [3.8, 4) is 0 Å². The summed E-state index contributed by atoms with van der Waals surface area (Å²) in [6.07, 6.45) is 6.35. The Bertz CT molecular complexity index is 419. The molecule has 1 heterocycles. The molecule has 2 rings (SSSR count). The van der Waals surface area contributed by atoms with E-state index in [9.17, 15) is 4.79 Å². The molecule has 20 heavy (non-hydrogen) atoms. The van der Waals surface area contributed by atoms with Crippen molar-refractivity contribution in [2.75, 3.05) is 30.0 Å². The number of hydrogen-bond donors (Lipinski definition) is 1. The number of benzene rings is 1. The lowest BCUT2D eigenvalue weighted by Crippen LogP contribution is -2.23. The number of nitrogens with one attached hydrogen (secondary N) is 1. The summed E-state index contributed by atoms with van der Waals surface area (Å²) in [4.78, 5) is 13.6. The standard InChI is InChI=1S/C16H24N2OS/c1-20-12-3-2-10-17-13-14-6-8-15(9-7-14)18-11-4-5-16(18)19/h6-9,17H,2-5,10-13H2,1H3. The van der Waals surface area contributed by atoms with Gasteiger partial charge in [0.1, 0.15) is 0 Å². The minimum absolute atomic E-state index is 0.254. The van der Waals surface area contributed by atoms with Gasteiger partial charge in [0.25, 0.3) is 0 Å². The fraction of sp³-hybridized carbons (Fsp3) is 0.562. The van der Waals surface area contributed by atoms with Gasteiger partial charge in [-0.15, -0.1) is 0 Å². The Morgan fingerprint density at radius 2 is 2.05 bits per heavy atom. The molecule has 3 nitrogen and oxygen atoms in total. The van der Waals surface area contributed by atoms with Crippen molar-refractivity contribution < 1.29 is 4.79 Å². The van der Waals surface area contributed by atoms with Gasteiger partial charge in [0.2, 0.25) is 5.91 Å². The molecule has 0 aliphatic carbocycles. The molecule has 1 amide bonds. The molecule has 0 radical (unpaired) electrons. The number of nitrogens with zero attached hydrogens (tertiary/aromatic N) is 1. The molecule has 1 aromatic carbocycles. The molecule has 4 heteroatoms. The van der Waals surface area contributed by atoms with Gasteiger partial charge in [-0.25, -0.2) is 0 Å². The van der Waals surface area contributed by atoms with Crippen LogP contribution in [0.15, 0.2) is 24.3 Å². The zero-order valence-electron chi connectivity index (χ0n) is 12.2. The fourth-order valence-corrected chi connectivity index (χ4v) is 2.94. The number of amides is 1. The summed E-state index contributed by atoms with van der Waals surface area (Å²) in [5.74, 6) is 1.50. The highest BCUT2D eigenvalue weighted by Gasteiger charge is 2.21. The van der Waals surface area contributed by atoms with Crippen LogP contribution < -0.4 is 10.2 Å². The number of hydrogen-bond acceptors (Lipinski definition) is 3. The van der Waals surface area contributed by atoms with Gasteiger partial charge in [0, 0.05) is 25.2 Å². The van der Waals surface area contributed by atoms with Crippen LogP contribution in [0.2, 0.25) is 0 Å². The van der Waals surface area contributed by atoms with E-state index in [1.54, 1.807) is 0 Å². The predicted octanol–water partition coefficient (Wildman–Crippen LogP) is 3.05. The molecule has 1 aromatic rings. The van der Waals surface area contributed by atoms with Gasteiger partial charge >= 0.3 is 0 Å². The first-order chi connectivity index (χ1) is 9.81. The van der Waals surface area contributed by atoms with Gasteiger partial charge in [-0.05, 0) is 55.5 Å². The summed E-state index contributed by atoms with van der Waals surface area (Å²) in [6.45, 7) is 2.85. The van der Waals surface area contributed by atoms with E-state index in [2.05, 4.69) is 35.8 Å². The smallest absolute Gasteiger partial charge is 0.227 e. The van der Waals surface area contributed by atoms with Crippen molar-refractivity contribution in [3.63, 3.8) is 0 Å². The molecule has 1 fully saturated rings. The van der Waals surface area contributed by atoms with Crippen molar-refractivity contribution in [1.82, 2.24) is 5.32 Å². The van der Waals surface area contributed by atoms with E-state index < -0.39 is 0 Å². The van der Waals surface area contributed by atoms with Crippen LogP contribution in [0.3, 0.4) is 0 Å². The van der Waals surface area contributed by atoms with Crippen LogP contribution in [0.5, 0.6) is 0 Å². The third-order valence-electron chi connectivity index (χ3n) is 3.60. The quantitative estimate of drug-likeness (QED) is 0.747. The van der Waals surface area contributed by atoms with Crippen LogP contribution >= 0.6 is 11.8 Å². The highest BCUT2D eigenvalue weighted by Crippen LogP contribution is 2.21. The second kappa shape index (κ2) is 8.32. The van der Waals surface area contributed by atoms with Crippen molar-refractivity contribution in [3.05, 3.63) is 29.8 Å². The summed E-state index contributed by atoms with van der Waals surface area (Å²) in [5.41, 5.74) is 2.32. The predicted molar refractivity (Wildman–Crippen MR) is 87.4 cm³/mol. The van der Waals surface area contributed by atoms with E-state index >= 15 is 0 Å². The fourth-order valence-electron chi connectivity index (χ4n) is 2.44. The molecule has 1 aliphatic heterocycles. The van der Waals surface area contributed by atoms with Gasteiger partial charge in [0.15, 0.2) is 0 Å². The first kappa shape index (κ1) is 15.4. The Balaban J connectivity index is 1.73. The molecule has 1 saturated heterocycles. The van der Waals surface area contributed by atoms with E-state index in [-0.39, 0.29) is 5.91 Å². The number of anilines is 1. The second-order valence-corrected chi connectivity index (χ2v) is 6.18. The number of rotatable bonds is 8. The first-order valence-corrected chi connectivity index (χ1v) is 8.79. The lowest BCUT2D eigenvalue weighted by Gasteiger charge is -2.16. The third-order valence-corrected chi connectivity index (χ3v) is 4.30. The monoisotopic (exact) mass is 292 g/mol. The number of carbonyl (C=O) groups is 1. The summed E-state index contributed by atoms with van der Waals surface area (Å²) in [6, 6.07) is 8.37. The molecule has 0 atom stereocenters. The molecular weight excluding hydrogens is 268 g/mol. The maximum absolute atomic E-state index is 11.7. The van der Waals surface area contributed by atoms with Crippen LogP contribution in [0.1, 0.15) is 31.2 Å². The van der Waals surface area contributed by atoms with Gasteiger partial charge in [-0.3, -0.25) is 4.79 Å². The summed E-state index contributed by atoms with van der Waals surface area (Å²) < 4.78 is 0. The van der Waals surface area contributed by atoms with Crippen LogP contribution in [0, 0.1) is 0 Å². The van der Waals surface area contributed by atoms with Crippen LogP contribution in [-0.4, -0.2) is 31.0 Å². The number of carbonyl (C=O) groups excluding carboxylic acids is 1. The van der Waals surface area contributed by atoms with Crippen LogP contribution in [-0.2, 0) is 11.3 Å². The lowest BCUT2D eigenvalue weighted by molar-refractivity contribution is -0.117. The Morgan fingerprint density at radius 1 is 1.25 bits per heavy atom. The van der Waals surface area contributed by atoms with E-state index in [1.807, 2.05) is 16.7 Å². The highest BCUT2D eigenvalue weighted by atomic mass is 32.2. The van der Waals surface area contributed by atoms with Crippen LogP contribution in [0.4, 0.5) is 5.69 Å². The van der Waals surface area contributed by atoms with E-state index in [0.717, 1.165) is 31.7 Å². The molecular formula is C16H24N2OS. The van der Waals surface area contributed by atoms with Crippen molar-refractivity contribution in [2.24, 2.45) is 0 Å². The van der Waals surface area contributed by atoms with Crippen molar-refractivity contribution in [1.29, 1.82) is 0 Å². The summed E-state index contributed by atoms with van der Waals surface area (Å²) in [5, 5.41) is 3.47. The Morgan fingerprint density at radius 3 is 2.70 bits per heavy atom. The summed E-state index contributed by atoms with van der Waals surface area (Å²) >= 11 is 1.91. The van der Waals surface area contributed by atoms with Crippen molar-refractivity contribution in [2.45, 2.75) is 32.2 Å². The van der Waals surface area contributed by atoms with Gasteiger partial charge in [0.05, 0.1) is 0 Å². The molecule has 110 valence electrons. The molecule has 1 N–H and O–H groups in total. The van der Waals surface area contributed by atoms with E-state index in [0.29, 0.717) is 6.42 Å². The average molecular weight is 292 g/mol. The Hall–Kier alpha value is -1.00. The van der Waals surface area contributed by atoms with Gasteiger partial charge < -0.3 is 10.2 Å². The van der Waals surface area contributed by atoms with E-state index in [4.69, 9.17) is 0 Å². The lowest BCUT2D eigenvalue weighted by atomic mass is 10.2. The normalized spacial score (nSPS) is 15.1. The zero-order chi connectivity index (χ0) is 14.2. The van der Waals surface area contributed by atoms with Crippen LogP contribution in [0.25, 0.3) is 0 Å². The maximum Gasteiger partial charge on any atom is 0.227 e. The topological polar surface area (TPSA) is 32.3 Å². The zero-order valence-corrected chi connectivity index (χ0v) is 13.0. The second-order valence-electron chi connectivity index (χ2n) is 5.19. The van der Waals surface area contributed by atoms with Gasteiger partial charge in [-0.2, -0.15) is 11.8 Å². The minimum Gasteiger partial charge on any atom is -0.313 e. The molecule has 0 saturated carbocycles. The van der Waals surface area contributed by atoms with Gasteiger partial charge in [-0.1, -0.05) is 12.1 Å². The summed E-state index contributed by atoms with van der Waals surface area (Å²) in [7, 11) is 0. The highest BCUT2D eigenvalue weighted by molar-refractivity contribution is 7.98. The largest absolute Gasteiger partial charge is 0.313 e. The molecule has 1 aliphatic rings. The number of thioether (sulfide) groups is 1. The Labute approximate surface area is 126 Å². The minimum atomic E-state index is 0.254. The molecule has 0 bridgehead atoms. The molecule has 0 unspecified atom stereocenters. The maximum atomic E-state index is 11.7. The van der Waals surface area contributed by atoms with E-state index in [1.165, 1.54) is 24.2 Å².